The Balaban J connectivity index is 2.03. The van der Waals surface area contributed by atoms with E-state index in [1.807, 2.05) is 19.1 Å². The number of nitrogens with one attached hydrogen (secondary N) is 1. The molecule has 0 amide bonds. The molecule has 1 aliphatic rings. The summed E-state index contributed by atoms with van der Waals surface area (Å²) in [5.74, 6) is 1.43. The van der Waals surface area contributed by atoms with E-state index in [9.17, 15) is 5.11 Å². The fourth-order valence-corrected chi connectivity index (χ4v) is 3.25. The second-order valence-electron chi connectivity index (χ2n) is 6.35. The maximum Gasteiger partial charge on any atom is 0.124 e. The Labute approximate surface area is 129 Å². The topological polar surface area (TPSA) is 41.5 Å². The first-order valence-electron chi connectivity index (χ1n) is 7.25. The van der Waals surface area contributed by atoms with Crippen molar-refractivity contribution in [2.75, 3.05) is 13.2 Å². The Kier molecular flexibility index (Phi) is 5.10. The molecule has 2 rings (SSSR count). The van der Waals surface area contributed by atoms with Crippen molar-refractivity contribution in [3.8, 4) is 5.75 Å². The van der Waals surface area contributed by atoms with Crippen molar-refractivity contribution in [3.05, 3.63) is 28.2 Å². The van der Waals surface area contributed by atoms with E-state index >= 15 is 0 Å². The van der Waals surface area contributed by atoms with Crippen LogP contribution in [0.4, 0.5) is 0 Å². The van der Waals surface area contributed by atoms with Gasteiger partial charge in [-0.3, -0.25) is 0 Å². The third kappa shape index (κ3) is 4.21. The van der Waals surface area contributed by atoms with E-state index in [2.05, 4.69) is 41.2 Å². The summed E-state index contributed by atoms with van der Waals surface area (Å²) >= 11 is 3.51. The summed E-state index contributed by atoms with van der Waals surface area (Å²) < 4.78 is 6.74. The van der Waals surface area contributed by atoms with Crippen LogP contribution in [0.5, 0.6) is 5.75 Å². The summed E-state index contributed by atoms with van der Waals surface area (Å²) in [6.07, 6.45) is 1.73. The standard InChI is InChI=1S/C16H24BrNO2/c1-11(2)9-16(3,19)10-18-14-6-7-20-15-5-4-12(17)8-13(14)15/h4-5,8,11,14,18-19H,6-7,9-10H2,1-3H3. The van der Waals surface area contributed by atoms with Crippen molar-refractivity contribution in [2.45, 2.75) is 45.3 Å². The monoisotopic (exact) mass is 341 g/mol. The largest absolute Gasteiger partial charge is 0.493 e. The molecule has 0 aromatic heterocycles. The number of rotatable bonds is 5. The van der Waals surface area contributed by atoms with Gasteiger partial charge in [-0.2, -0.15) is 0 Å². The number of halogens is 1. The van der Waals surface area contributed by atoms with E-state index in [0.29, 0.717) is 12.5 Å². The molecule has 0 spiro atoms. The minimum Gasteiger partial charge on any atom is -0.493 e. The highest BCUT2D eigenvalue weighted by molar-refractivity contribution is 9.10. The lowest BCUT2D eigenvalue weighted by Gasteiger charge is -2.31. The second-order valence-corrected chi connectivity index (χ2v) is 7.26. The van der Waals surface area contributed by atoms with Crippen LogP contribution in [0.2, 0.25) is 0 Å². The van der Waals surface area contributed by atoms with Gasteiger partial charge >= 0.3 is 0 Å². The summed E-state index contributed by atoms with van der Waals surface area (Å²) in [6.45, 7) is 7.49. The van der Waals surface area contributed by atoms with Gasteiger partial charge in [-0.05, 0) is 37.5 Å². The van der Waals surface area contributed by atoms with Gasteiger partial charge < -0.3 is 15.2 Å². The molecule has 0 saturated heterocycles. The SMILES string of the molecule is CC(C)CC(C)(O)CNC1CCOc2ccc(Br)cc21. The average molecular weight is 342 g/mol. The molecule has 2 atom stereocenters. The molecule has 3 nitrogen and oxygen atoms in total. The van der Waals surface area contributed by atoms with E-state index in [-0.39, 0.29) is 6.04 Å². The minimum atomic E-state index is -0.668. The normalized spacial score (nSPS) is 21.2. The Hall–Kier alpha value is -0.580. The third-order valence-corrected chi connectivity index (χ3v) is 4.08. The van der Waals surface area contributed by atoms with Gasteiger partial charge in [0.25, 0.3) is 0 Å². The Bertz CT molecular complexity index is 460. The number of hydrogen-bond acceptors (Lipinski definition) is 3. The number of fused-ring (bicyclic) bond motifs is 1. The van der Waals surface area contributed by atoms with Crippen molar-refractivity contribution in [2.24, 2.45) is 5.92 Å². The van der Waals surface area contributed by atoms with Crippen LogP contribution >= 0.6 is 15.9 Å². The summed E-state index contributed by atoms with van der Waals surface area (Å²) in [6, 6.07) is 6.34. The molecule has 0 radical (unpaired) electrons. The number of aliphatic hydroxyl groups is 1. The lowest BCUT2D eigenvalue weighted by atomic mass is 9.93. The zero-order valence-corrected chi connectivity index (χ0v) is 14.0. The van der Waals surface area contributed by atoms with Gasteiger partial charge in [0.05, 0.1) is 12.2 Å². The van der Waals surface area contributed by atoms with Crippen LogP contribution in [0.1, 0.15) is 45.2 Å². The van der Waals surface area contributed by atoms with Crippen LogP contribution in [0, 0.1) is 5.92 Å². The molecule has 20 heavy (non-hydrogen) atoms. The first-order valence-corrected chi connectivity index (χ1v) is 8.05. The number of benzene rings is 1. The molecule has 0 saturated carbocycles. The first kappa shape index (κ1) is 15.8. The van der Waals surface area contributed by atoms with Gasteiger partial charge in [0, 0.05) is 29.0 Å². The molecular weight excluding hydrogens is 318 g/mol. The van der Waals surface area contributed by atoms with E-state index in [4.69, 9.17) is 4.74 Å². The van der Waals surface area contributed by atoms with Crippen LogP contribution in [-0.4, -0.2) is 23.9 Å². The van der Waals surface area contributed by atoms with Crippen molar-refractivity contribution >= 4 is 15.9 Å². The van der Waals surface area contributed by atoms with Crippen LogP contribution in [0.15, 0.2) is 22.7 Å². The van der Waals surface area contributed by atoms with E-state index in [1.54, 1.807) is 0 Å². The van der Waals surface area contributed by atoms with Gasteiger partial charge in [0.1, 0.15) is 5.75 Å². The maximum absolute atomic E-state index is 10.4. The Morgan fingerprint density at radius 3 is 2.95 bits per heavy atom. The van der Waals surface area contributed by atoms with Crippen LogP contribution in [-0.2, 0) is 0 Å². The molecular formula is C16H24BrNO2. The Morgan fingerprint density at radius 1 is 1.50 bits per heavy atom. The fraction of sp³-hybridized carbons (Fsp3) is 0.625. The molecule has 1 heterocycles. The van der Waals surface area contributed by atoms with Crippen LogP contribution < -0.4 is 10.1 Å². The molecule has 1 aliphatic heterocycles. The molecule has 2 unspecified atom stereocenters. The van der Waals surface area contributed by atoms with Crippen LogP contribution in [0.3, 0.4) is 0 Å². The molecule has 1 aromatic rings. The van der Waals surface area contributed by atoms with Gasteiger partial charge in [-0.15, -0.1) is 0 Å². The van der Waals surface area contributed by atoms with Gasteiger partial charge in [0.2, 0.25) is 0 Å². The molecule has 0 aliphatic carbocycles. The predicted octanol–water partition coefficient (Wildman–Crippen LogP) is 3.66. The number of hydrogen-bond donors (Lipinski definition) is 2. The molecule has 0 bridgehead atoms. The van der Waals surface area contributed by atoms with Gasteiger partial charge in [-0.1, -0.05) is 29.8 Å². The lowest BCUT2D eigenvalue weighted by molar-refractivity contribution is 0.0343. The highest BCUT2D eigenvalue weighted by Crippen LogP contribution is 2.34. The van der Waals surface area contributed by atoms with Crippen LogP contribution in [0.25, 0.3) is 0 Å². The smallest absolute Gasteiger partial charge is 0.124 e. The fourth-order valence-electron chi connectivity index (χ4n) is 2.87. The van der Waals surface area contributed by atoms with Crippen molar-refractivity contribution in [3.63, 3.8) is 0 Å². The minimum absolute atomic E-state index is 0.245. The quantitative estimate of drug-likeness (QED) is 0.858. The van der Waals surface area contributed by atoms with E-state index < -0.39 is 5.60 Å². The highest BCUT2D eigenvalue weighted by Gasteiger charge is 2.26. The molecule has 2 N–H and O–H groups in total. The summed E-state index contributed by atoms with van der Waals surface area (Å²) in [5.41, 5.74) is 0.504. The summed E-state index contributed by atoms with van der Waals surface area (Å²) in [5, 5.41) is 13.9. The lowest BCUT2D eigenvalue weighted by Crippen LogP contribution is -2.41. The molecule has 4 heteroatoms. The first-order chi connectivity index (χ1) is 9.37. The maximum atomic E-state index is 10.4. The van der Waals surface area contributed by atoms with Crippen molar-refractivity contribution in [1.82, 2.24) is 5.32 Å². The molecule has 112 valence electrons. The van der Waals surface area contributed by atoms with Crippen molar-refractivity contribution < 1.29 is 9.84 Å². The molecule has 0 fully saturated rings. The van der Waals surface area contributed by atoms with E-state index in [1.165, 1.54) is 5.56 Å². The van der Waals surface area contributed by atoms with E-state index in [0.717, 1.165) is 29.7 Å². The van der Waals surface area contributed by atoms with Gasteiger partial charge in [-0.25, -0.2) is 0 Å². The zero-order valence-electron chi connectivity index (χ0n) is 12.4. The second kappa shape index (κ2) is 6.46. The van der Waals surface area contributed by atoms with Crippen molar-refractivity contribution in [1.29, 1.82) is 0 Å². The average Bonchev–Trinajstić information content (AvgIpc) is 2.35. The highest BCUT2D eigenvalue weighted by atomic mass is 79.9. The number of ether oxygens (including phenoxy) is 1. The summed E-state index contributed by atoms with van der Waals surface area (Å²) in [7, 11) is 0. The third-order valence-electron chi connectivity index (χ3n) is 3.59. The summed E-state index contributed by atoms with van der Waals surface area (Å²) in [4.78, 5) is 0. The zero-order chi connectivity index (χ0) is 14.8. The Morgan fingerprint density at radius 2 is 2.25 bits per heavy atom. The van der Waals surface area contributed by atoms with Gasteiger partial charge in [0.15, 0.2) is 0 Å². The predicted molar refractivity (Wildman–Crippen MR) is 85.1 cm³/mol. The molecule has 1 aromatic carbocycles.